The second-order valence-electron chi connectivity index (χ2n) is 3.74. The normalized spacial score (nSPS) is 12.8. The molecular weight excluding hydrogens is 256 g/mol. The van der Waals surface area contributed by atoms with E-state index in [2.05, 4.69) is 28.0 Å². The third kappa shape index (κ3) is 2.68. The predicted octanol–water partition coefficient (Wildman–Crippen LogP) is 3.28. The fourth-order valence-electron chi connectivity index (χ4n) is 1.41. The summed E-state index contributed by atoms with van der Waals surface area (Å²) in [6.07, 6.45) is 3.54. The number of carbonyl (C=O) groups is 1. The Bertz CT molecular complexity index is 346. The number of aryl methyl sites for hydroxylation is 1. The van der Waals surface area contributed by atoms with E-state index in [1.807, 2.05) is 13.8 Å². The smallest absolute Gasteiger partial charge is 0.184 e. The van der Waals surface area contributed by atoms with Crippen LogP contribution in [0.5, 0.6) is 0 Å². The lowest BCUT2D eigenvalue weighted by atomic mass is 10.0. The molecule has 0 fully saturated rings. The number of nitrogens with zero attached hydrogens (tertiary/aromatic N) is 2. The van der Waals surface area contributed by atoms with E-state index >= 15 is 0 Å². The molecule has 0 aliphatic heterocycles. The van der Waals surface area contributed by atoms with Crippen molar-refractivity contribution in [3.63, 3.8) is 0 Å². The molecule has 4 heteroatoms. The molecule has 1 heterocycles. The molecule has 15 heavy (non-hydrogen) atoms. The first-order valence-corrected chi connectivity index (χ1v) is 6.16. The number of ketones is 1. The summed E-state index contributed by atoms with van der Waals surface area (Å²) < 4.78 is 2.60. The molecule has 0 amide bonds. The highest BCUT2D eigenvalue weighted by Crippen LogP contribution is 2.21. The molecule has 3 nitrogen and oxygen atoms in total. The number of rotatable bonds is 5. The van der Waals surface area contributed by atoms with Gasteiger partial charge < -0.3 is 0 Å². The van der Waals surface area contributed by atoms with Crippen LogP contribution in [0, 0.1) is 5.92 Å². The van der Waals surface area contributed by atoms with Gasteiger partial charge in [-0.1, -0.05) is 20.8 Å². The number of carbonyl (C=O) groups excluding carboxylic acids is 1. The average Bonchev–Trinajstić information content (AvgIpc) is 2.58. The van der Waals surface area contributed by atoms with E-state index in [4.69, 9.17) is 0 Å². The SMILES string of the molecule is CCCn1ncc(Br)c1C(=O)C(C)CC. The van der Waals surface area contributed by atoms with Crippen molar-refractivity contribution in [2.24, 2.45) is 5.92 Å². The first-order chi connectivity index (χ1) is 7.11. The van der Waals surface area contributed by atoms with Crippen LogP contribution >= 0.6 is 15.9 Å². The van der Waals surface area contributed by atoms with Gasteiger partial charge in [-0.25, -0.2) is 0 Å². The average molecular weight is 273 g/mol. The van der Waals surface area contributed by atoms with Crippen molar-refractivity contribution in [2.45, 2.75) is 40.2 Å². The van der Waals surface area contributed by atoms with Crippen molar-refractivity contribution >= 4 is 21.7 Å². The van der Waals surface area contributed by atoms with Gasteiger partial charge in [0.15, 0.2) is 5.78 Å². The van der Waals surface area contributed by atoms with Gasteiger partial charge >= 0.3 is 0 Å². The molecule has 0 bridgehead atoms. The quantitative estimate of drug-likeness (QED) is 0.771. The van der Waals surface area contributed by atoms with E-state index < -0.39 is 0 Å². The molecule has 84 valence electrons. The second-order valence-corrected chi connectivity index (χ2v) is 4.59. The zero-order valence-electron chi connectivity index (χ0n) is 9.46. The van der Waals surface area contributed by atoms with Gasteiger partial charge in [-0.3, -0.25) is 9.48 Å². The molecule has 0 saturated heterocycles. The summed E-state index contributed by atoms with van der Waals surface area (Å²) in [5.41, 5.74) is 0.714. The van der Waals surface area contributed by atoms with Crippen LogP contribution in [0.25, 0.3) is 0 Å². The molecule has 1 unspecified atom stereocenters. The van der Waals surface area contributed by atoms with E-state index in [0.717, 1.165) is 23.9 Å². The summed E-state index contributed by atoms with van der Waals surface area (Å²) in [7, 11) is 0. The van der Waals surface area contributed by atoms with Gasteiger partial charge in [0.1, 0.15) is 5.69 Å². The van der Waals surface area contributed by atoms with E-state index in [1.54, 1.807) is 10.9 Å². The number of Topliss-reactive ketones (excluding diaryl/α,β-unsaturated/α-hetero) is 1. The highest BCUT2D eigenvalue weighted by Gasteiger charge is 2.20. The van der Waals surface area contributed by atoms with Crippen molar-refractivity contribution in [3.05, 3.63) is 16.4 Å². The molecule has 0 aromatic carbocycles. The first-order valence-electron chi connectivity index (χ1n) is 5.37. The summed E-state index contributed by atoms with van der Waals surface area (Å²) in [5, 5.41) is 4.19. The Morgan fingerprint density at radius 3 is 2.80 bits per heavy atom. The summed E-state index contributed by atoms with van der Waals surface area (Å²) in [4.78, 5) is 12.1. The fraction of sp³-hybridized carbons (Fsp3) is 0.636. The first kappa shape index (κ1) is 12.4. The van der Waals surface area contributed by atoms with Crippen LogP contribution in [-0.2, 0) is 6.54 Å². The zero-order chi connectivity index (χ0) is 11.4. The predicted molar refractivity (Wildman–Crippen MR) is 64.0 cm³/mol. The maximum atomic E-state index is 12.1. The van der Waals surface area contributed by atoms with Gasteiger partial charge in [-0.2, -0.15) is 5.10 Å². The van der Waals surface area contributed by atoms with E-state index in [-0.39, 0.29) is 11.7 Å². The zero-order valence-corrected chi connectivity index (χ0v) is 11.0. The van der Waals surface area contributed by atoms with Crippen molar-refractivity contribution in [3.8, 4) is 0 Å². The van der Waals surface area contributed by atoms with Crippen LogP contribution in [0.2, 0.25) is 0 Å². The molecule has 0 N–H and O–H groups in total. The van der Waals surface area contributed by atoms with Crippen LogP contribution < -0.4 is 0 Å². The monoisotopic (exact) mass is 272 g/mol. The topological polar surface area (TPSA) is 34.9 Å². The van der Waals surface area contributed by atoms with Crippen molar-refractivity contribution in [1.29, 1.82) is 0 Å². The van der Waals surface area contributed by atoms with E-state index in [9.17, 15) is 4.79 Å². The van der Waals surface area contributed by atoms with E-state index in [1.165, 1.54) is 0 Å². The molecule has 1 aromatic rings. The largest absolute Gasteiger partial charge is 0.292 e. The highest BCUT2D eigenvalue weighted by atomic mass is 79.9. The molecular formula is C11H17BrN2O. The summed E-state index contributed by atoms with van der Waals surface area (Å²) in [6.45, 7) is 6.85. The van der Waals surface area contributed by atoms with Gasteiger partial charge in [-0.05, 0) is 28.8 Å². The van der Waals surface area contributed by atoms with Crippen LogP contribution in [0.1, 0.15) is 44.1 Å². The molecule has 1 atom stereocenters. The maximum Gasteiger partial charge on any atom is 0.184 e. The number of aromatic nitrogens is 2. The molecule has 0 aliphatic carbocycles. The van der Waals surface area contributed by atoms with Crippen LogP contribution in [-0.4, -0.2) is 15.6 Å². The number of halogens is 1. The Hall–Kier alpha value is -0.640. The van der Waals surface area contributed by atoms with Crippen LogP contribution in [0.15, 0.2) is 10.7 Å². The maximum absolute atomic E-state index is 12.1. The molecule has 0 radical (unpaired) electrons. The minimum Gasteiger partial charge on any atom is -0.292 e. The third-order valence-electron chi connectivity index (χ3n) is 2.52. The Balaban J connectivity index is 3.00. The standard InChI is InChI=1S/C11H17BrN2O/c1-4-6-14-10(9(12)7-13-14)11(15)8(3)5-2/h7-8H,4-6H2,1-3H3. The van der Waals surface area contributed by atoms with Gasteiger partial charge in [0.2, 0.25) is 0 Å². The Kier molecular flexibility index (Phi) is 4.51. The van der Waals surface area contributed by atoms with E-state index in [0.29, 0.717) is 5.69 Å². The lowest BCUT2D eigenvalue weighted by Crippen LogP contribution is -2.17. The highest BCUT2D eigenvalue weighted by molar-refractivity contribution is 9.10. The summed E-state index contributed by atoms with van der Waals surface area (Å²) in [5.74, 6) is 0.240. The molecule has 1 aromatic heterocycles. The minimum absolute atomic E-state index is 0.0635. The van der Waals surface area contributed by atoms with Crippen molar-refractivity contribution < 1.29 is 4.79 Å². The Morgan fingerprint density at radius 2 is 2.27 bits per heavy atom. The lowest BCUT2D eigenvalue weighted by Gasteiger charge is -2.10. The Morgan fingerprint density at radius 1 is 1.60 bits per heavy atom. The molecule has 0 spiro atoms. The fourth-order valence-corrected chi connectivity index (χ4v) is 1.90. The minimum atomic E-state index is 0.0635. The number of hydrogen-bond donors (Lipinski definition) is 0. The number of hydrogen-bond acceptors (Lipinski definition) is 2. The van der Waals surface area contributed by atoms with Gasteiger partial charge in [0.05, 0.1) is 10.7 Å². The second kappa shape index (κ2) is 5.45. The lowest BCUT2D eigenvalue weighted by molar-refractivity contribution is 0.0915. The van der Waals surface area contributed by atoms with Crippen molar-refractivity contribution in [1.82, 2.24) is 9.78 Å². The van der Waals surface area contributed by atoms with Gasteiger partial charge in [-0.15, -0.1) is 0 Å². The van der Waals surface area contributed by atoms with Crippen LogP contribution in [0.4, 0.5) is 0 Å². The summed E-state index contributed by atoms with van der Waals surface area (Å²) >= 11 is 3.38. The molecule has 0 aliphatic rings. The van der Waals surface area contributed by atoms with Gasteiger partial charge in [0.25, 0.3) is 0 Å². The molecule has 0 saturated carbocycles. The third-order valence-corrected chi connectivity index (χ3v) is 3.10. The summed E-state index contributed by atoms with van der Waals surface area (Å²) in [6, 6.07) is 0. The van der Waals surface area contributed by atoms with Crippen LogP contribution in [0.3, 0.4) is 0 Å². The molecule has 1 rings (SSSR count). The van der Waals surface area contributed by atoms with Crippen molar-refractivity contribution in [2.75, 3.05) is 0 Å². The Labute approximate surface area is 99.0 Å². The van der Waals surface area contributed by atoms with Gasteiger partial charge in [0, 0.05) is 12.5 Å².